The van der Waals surface area contributed by atoms with Crippen LogP contribution in [-0.4, -0.2) is 377 Å². The van der Waals surface area contributed by atoms with Crippen LogP contribution in [0.4, 0.5) is 11.9 Å². The third-order valence-corrected chi connectivity index (χ3v) is 31.0. The number of hydrogen-bond acceptors (Lipinski definition) is 33. The number of anilines is 2. The molecule has 0 aromatic carbocycles. The number of nitrogens with zero attached hydrogens (tertiary/aromatic N) is 17. The average molecular weight is 2010 g/mol. The van der Waals surface area contributed by atoms with E-state index < -0.39 is 150 Å². The number of ether oxygens (including phenoxy) is 7. The van der Waals surface area contributed by atoms with Crippen molar-refractivity contribution in [1.82, 2.24) is 97.6 Å². The van der Waals surface area contributed by atoms with Gasteiger partial charge in [0.1, 0.15) is 95.3 Å². The van der Waals surface area contributed by atoms with Crippen molar-refractivity contribution in [2.75, 3.05) is 122 Å². The lowest BCUT2D eigenvalue weighted by molar-refractivity contribution is -0.0368. The Morgan fingerprint density at radius 2 is 0.711 bits per heavy atom. The summed E-state index contributed by atoms with van der Waals surface area (Å²) in [4.78, 5) is 96.1. The van der Waals surface area contributed by atoms with Gasteiger partial charge in [0.25, 0.3) is 16.7 Å². The average Bonchev–Trinajstić information content (AvgIpc) is 1.53. The molecular weight excluding hydrogens is 1860 g/mol. The van der Waals surface area contributed by atoms with Crippen molar-refractivity contribution in [2.24, 2.45) is 0 Å². The van der Waals surface area contributed by atoms with Gasteiger partial charge in [-0.2, -0.15) is 19.9 Å². The minimum atomic E-state index is -1.27. The lowest BCUT2D eigenvalue weighted by atomic mass is 10.1. The third kappa shape index (κ3) is 26.8. The summed E-state index contributed by atoms with van der Waals surface area (Å²) in [5, 5.41) is 94.1. The molecule has 0 saturated carbocycles. The third-order valence-electron chi connectivity index (χ3n) is 23.2. The monoisotopic (exact) mass is 2000 g/mol. The molecule has 47 heteroatoms. The first-order valence-electron chi connectivity index (χ1n) is 44.8. The number of hydrogen-bond donors (Lipinski definition) is 14. The summed E-state index contributed by atoms with van der Waals surface area (Å²) < 4.78 is 49.6. The smallest absolute Gasteiger partial charge is 0.279 e. The number of aliphatic hydroxyl groups is 9. The van der Waals surface area contributed by atoms with Gasteiger partial charge in [0.15, 0.2) is 87.0 Å². The fourth-order valence-corrected chi connectivity index (χ4v) is 21.3. The van der Waals surface area contributed by atoms with Crippen molar-refractivity contribution in [3.05, 3.63) is 78.7 Å². The molecule has 0 bridgehead atoms. The Labute approximate surface area is 793 Å². The zero-order valence-electron chi connectivity index (χ0n) is 79.4. The largest absolute Gasteiger partial charge is 0.476 e. The molecule has 5 aliphatic heterocycles. The number of nitrogens with one attached hydrogen (secondary N) is 3. The van der Waals surface area contributed by atoms with E-state index in [0.29, 0.717) is 144 Å². The number of alkyl halides is 1. The highest BCUT2D eigenvalue weighted by Gasteiger charge is 2.50. The van der Waals surface area contributed by atoms with Gasteiger partial charge >= 0.3 is 0 Å². The van der Waals surface area contributed by atoms with Crippen molar-refractivity contribution in [3.8, 4) is 11.8 Å². The highest BCUT2D eigenvalue weighted by Crippen LogP contribution is 2.47. The summed E-state index contributed by atoms with van der Waals surface area (Å²) in [6.45, 7) is 30.8. The van der Waals surface area contributed by atoms with E-state index in [-0.39, 0.29) is 66.1 Å². The van der Waals surface area contributed by atoms with Crippen LogP contribution >= 0.6 is 46.0 Å². The quantitative estimate of drug-likeness (QED) is 0.0122. The number of aromatic nitrogens is 20. The second kappa shape index (κ2) is 45.9. The van der Waals surface area contributed by atoms with Crippen LogP contribution in [0.3, 0.4) is 0 Å². The Hall–Kier alpha value is -7.42. The number of H-pyrrole nitrogens is 3. The Morgan fingerprint density at radius 1 is 0.393 bits per heavy atom. The first-order chi connectivity index (χ1) is 62.2. The van der Waals surface area contributed by atoms with Gasteiger partial charge in [-0.3, -0.25) is 37.2 Å². The van der Waals surface area contributed by atoms with Crippen LogP contribution < -0.4 is 37.6 Å². The maximum Gasteiger partial charge on any atom is 0.279 e. The van der Waals surface area contributed by atoms with Gasteiger partial charge in [0, 0.05) is 12.8 Å². The summed E-state index contributed by atoms with van der Waals surface area (Å²) in [5.74, 6) is 3.86. The molecule has 10 aromatic heterocycles. The number of nitrogen functional groups attached to an aromatic ring is 2. The number of aromatic amines is 3. The number of aryl methyl sites for hydroxylation is 6. The Kier molecular flexibility index (Phi) is 37.8. The molecule has 0 spiro atoms. The molecule has 15 heterocycles. The van der Waals surface area contributed by atoms with Crippen LogP contribution in [0.1, 0.15) is 166 Å². The predicted octanol–water partition coefficient (Wildman–Crippen LogP) is 7.00. The fraction of sp³-hybridized carbons (Fsp3) is 0.659. The van der Waals surface area contributed by atoms with E-state index in [0.717, 1.165) is 56.5 Å². The predicted molar refractivity (Wildman–Crippen MR) is 546 cm³/mol. The number of imidazole rings is 5. The molecule has 0 aliphatic carbocycles. The molecule has 20 atom stereocenters. The molecule has 41 nitrogen and oxygen atoms in total. The van der Waals surface area contributed by atoms with E-state index in [2.05, 4.69) is 180 Å². The summed E-state index contributed by atoms with van der Waals surface area (Å²) in [6.07, 6.45) is 20.9. The summed E-state index contributed by atoms with van der Waals surface area (Å²) in [7, 11) is 0. The molecule has 0 amide bonds. The normalized spacial score (nSPS) is 25.9. The van der Waals surface area contributed by atoms with E-state index in [1.165, 1.54) is 6.33 Å². The van der Waals surface area contributed by atoms with Gasteiger partial charge < -0.3 is 106 Å². The second-order valence-corrected chi connectivity index (χ2v) is 60.4. The maximum atomic E-state index is 12.3. The van der Waals surface area contributed by atoms with E-state index in [4.69, 9.17) is 56.2 Å². The zero-order valence-corrected chi connectivity index (χ0v) is 84.7. The van der Waals surface area contributed by atoms with E-state index in [9.17, 15) is 60.3 Å². The lowest BCUT2D eigenvalue weighted by Gasteiger charge is -2.20. The van der Waals surface area contributed by atoms with Crippen LogP contribution in [0.5, 0.6) is 11.8 Å². The fourth-order valence-electron chi connectivity index (χ4n) is 16.2. The van der Waals surface area contributed by atoms with Crippen molar-refractivity contribution in [3.63, 3.8) is 0 Å². The number of unbranched alkanes of at least 4 members (excludes halogenated alkanes) is 1. The Bertz CT molecular complexity index is 6170. The van der Waals surface area contributed by atoms with Crippen molar-refractivity contribution in [2.45, 2.75) is 263 Å². The van der Waals surface area contributed by atoms with Crippen molar-refractivity contribution < 1.29 is 79.1 Å². The van der Waals surface area contributed by atoms with E-state index in [1.54, 1.807) is 56.9 Å². The molecule has 16 N–H and O–H groups in total. The number of rotatable bonds is 30. The number of aliphatic hydroxyl groups excluding tert-OH is 9. The van der Waals surface area contributed by atoms with Crippen LogP contribution in [0.15, 0.2) is 27.0 Å². The molecule has 5 fully saturated rings. The van der Waals surface area contributed by atoms with Crippen molar-refractivity contribution in [1.29, 1.82) is 0 Å². The van der Waals surface area contributed by atoms with E-state index in [1.807, 2.05) is 20.8 Å². The van der Waals surface area contributed by atoms with Crippen molar-refractivity contribution >= 4 is 145 Å². The second-order valence-electron chi connectivity index (χ2n) is 38.3. The molecule has 0 radical (unpaired) electrons. The molecule has 5 aliphatic rings. The SMILES string of the molecule is C.C.C=P(C)(C)CC[C@H]1O[C@@H](n2c(C)nc3c(=O)[nH]c(C)nc32)[C@H](O)[C@@H]1O.C=P(C)(C)CC[C@H]1O[C@@H](n2c(CC)nc3c(=O)[nH]c(C)nc32)[C@H](O)[C@@H]1O.C=P(C)(C)CC[C@H]1O[C@@H](n2c(CCC)nc3c(=O)[nH]c(C)nc32)[C@H](O)[C@@H]1O.C=P(C)(C)CC[C@H]1O[C@@H](n2cnc3c(OCCC)nc(N)nc32)[C@H](Cl)[C@@H]1O.C=P(C)(C)CC[C@H]1O[C@@H](n2cnc3c(OCCCC)nc(N)nc32)[C@H](O)[C@@H]1O. The summed E-state index contributed by atoms with van der Waals surface area (Å²) >= 11 is 6.49. The van der Waals surface area contributed by atoms with Gasteiger partial charge in [0.05, 0.1) is 56.4 Å². The Morgan fingerprint density at radius 3 is 1.07 bits per heavy atom. The first kappa shape index (κ1) is 111. The molecular formula is C88H146ClN22O19P5. The highest BCUT2D eigenvalue weighted by atomic mass is 35.5. The van der Waals surface area contributed by atoms with Gasteiger partial charge in [-0.05, 0) is 177 Å². The number of fused-ring (bicyclic) bond motifs is 5. The molecule has 5 saturated heterocycles. The zero-order chi connectivity index (χ0) is 97.9. The van der Waals surface area contributed by atoms with Crippen LogP contribution in [0.25, 0.3) is 55.8 Å². The van der Waals surface area contributed by atoms with Gasteiger partial charge in [-0.15, -0.1) is 77.5 Å². The summed E-state index contributed by atoms with van der Waals surface area (Å²) in [5.41, 5.74) is 14.2. The van der Waals surface area contributed by atoms with Gasteiger partial charge in [0.2, 0.25) is 23.7 Å². The number of halogens is 1. The van der Waals surface area contributed by atoms with E-state index >= 15 is 0 Å². The minimum absolute atomic E-state index is 0. The van der Waals surface area contributed by atoms with Crippen LogP contribution in [0, 0.1) is 27.7 Å². The standard InChI is InChI=1S/C18H30N5O4P.C18H29N4O4P.C17H27ClN5O3P.C17H27N4O4P.C16H25N4O4P.2CH4/c1-5-6-8-26-16-12-15(21-18(19)22-16)23(10-20-12)17-14(25)13(24)11(27-17)7-9-28(2,3)4;1-6-7-12-21-13-16(19-10(2)20-17(13)25)22(12)18-15(24)14(23)11(26-18)8-9-27(3,4)5;1-5-7-25-15-12-14(21-17(19)22-15)23(9-20-12)16-11(18)13(24)10(26-16)6-8-27(2,3)4;1-6-11-20-12-15(18-9(2)19-16(12)24)21(11)17-14(23)13(22)10(25-17)7-8-26(3,4)5;1-8-17-14-11(15(23)18-8)19-9(2)20(14)16-13(22)12(21)10(24-16)6-7-25(3,4)5;;/h10-11,13-14,17,24-25H,2,5-9H2,1,3-4H3,(H2,19,21,22);11,14-15,18,23-24H,3,6-9H2,1-2,4-5H3,(H,19,20,25);9-11,13,16,24H,2,5-8H2,1,3-4H3,(H2,19,21,22);10,13-14,17,22-23H,3,6-8H2,1-2,4-5H3,(H,18,19,24);10,12-13,16,21-22H,3,6-7H2,1-2,4-5H3,(H,17,18,23);2*1H4/t11-,13-,14-,17-;11-,14-,15-,18-;10-,11-,13-,16-;10-,13-,14-,17-;10-,12-,13-,16-;;/m11111../s1. The van der Waals surface area contributed by atoms with Gasteiger partial charge in [-0.25, -0.2) is 39.9 Å². The topological polar surface area (TPSA) is 577 Å². The maximum absolute atomic E-state index is 12.3. The summed E-state index contributed by atoms with van der Waals surface area (Å²) in [6, 6.07) is 0. The van der Waals surface area contributed by atoms with Crippen LogP contribution in [0.2, 0.25) is 0 Å². The molecule has 10 aromatic rings. The minimum Gasteiger partial charge on any atom is -0.476 e. The molecule has 15 rings (SSSR count). The highest BCUT2D eigenvalue weighted by molar-refractivity contribution is 7.73. The van der Waals surface area contributed by atoms with Crippen LogP contribution in [-0.2, 0) is 36.5 Å². The lowest BCUT2D eigenvalue weighted by Crippen LogP contribution is -2.32. The number of nitrogens with two attached hydrogens (primary N) is 2. The first-order valence-corrected chi connectivity index (χ1v) is 60.5. The molecule has 754 valence electrons. The van der Waals surface area contributed by atoms with Gasteiger partial charge in [-0.1, -0.05) is 49.0 Å². The molecule has 0 unspecified atom stereocenters. The molecule has 135 heavy (non-hydrogen) atoms. The Balaban J connectivity index is 0.000000189.